The van der Waals surface area contributed by atoms with Gasteiger partial charge in [-0.05, 0) is 55.7 Å². The van der Waals surface area contributed by atoms with Gasteiger partial charge in [0, 0.05) is 24.4 Å². The number of hydrogen-bond donors (Lipinski definition) is 1. The Morgan fingerprint density at radius 3 is 2.58 bits per heavy atom. The summed E-state index contributed by atoms with van der Waals surface area (Å²) in [6.07, 6.45) is 8.96. The number of nitrogens with one attached hydrogen (secondary N) is 1. The highest BCUT2D eigenvalue weighted by Crippen LogP contribution is 2.57. The van der Waals surface area contributed by atoms with Gasteiger partial charge in [0.05, 0.1) is 0 Å². The minimum Gasteiger partial charge on any atom is -0.314 e. The molecule has 2 aliphatic rings. The summed E-state index contributed by atoms with van der Waals surface area (Å²) in [5.74, 6) is 2.96. The van der Waals surface area contributed by atoms with Crippen molar-refractivity contribution in [2.75, 3.05) is 6.54 Å². The average Bonchev–Trinajstić information content (AvgIpc) is 3.15. The molecule has 3 atom stereocenters. The Hall–Kier alpha value is -0.890. The maximum absolute atomic E-state index is 4.59. The summed E-state index contributed by atoms with van der Waals surface area (Å²) in [5.41, 5.74) is 2.50. The van der Waals surface area contributed by atoms with E-state index in [4.69, 9.17) is 0 Å². The summed E-state index contributed by atoms with van der Waals surface area (Å²) in [7, 11) is 0. The number of rotatable bonds is 5. The molecular weight excluding hydrogens is 232 g/mol. The minimum absolute atomic E-state index is 0.647. The van der Waals surface area contributed by atoms with Crippen LogP contribution in [0.25, 0.3) is 0 Å². The van der Waals surface area contributed by atoms with Crippen molar-refractivity contribution in [3.8, 4) is 0 Å². The Morgan fingerprint density at radius 1 is 1.26 bits per heavy atom. The number of aromatic nitrogens is 1. The molecule has 0 spiro atoms. The number of likely N-dealkylation sites (N-methyl/N-ethyl adjacent to an activating group) is 1. The average molecular weight is 258 g/mol. The Bertz CT molecular complexity index is 400. The summed E-state index contributed by atoms with van der Waals surface area (Å²) in [6.45, 7) is 5.40. The molecule has 0 radical (unpaired) electrons. The maximum atomic E-state index is 4.59. The standard InChI is InChI=1S/C17H26N2/c1-3-18-16(10-13-9-8-12(2)11-19-13)17-14-6-4-5-7-15(14)17/h8-9,11,14-18H,3-7,10H2,1-2H3. The van der Waals surface area contributed by atoms with Crippen LogP contribution in [0.2, 0.25) is 0 Å². The predicted molar refractivity (Wildman–Crippen MR) is 79.1 cm³/mol. The first-order valence-corrected chi connectivity index (χ1v) is 7.94. The Balaban J connectivity index is 1.66. The number of fused-ring (bicyclic) bond motifs is 1. The first kappa shape index (κ1) is 13.1. The predicted octanol–water partition coefficient (Wildman–Crippen LogP) is 3.35. The van der Waals surface area contributed by atoms with Crippen LogP contribution in [-0.2, 0) is 6.42 Å². The van der Waals surface area contributed by atoms with Gasteiger partial charge in [-0.15, -0.1) is 0 Å². The number of aryl methyl sites for hydroxylation is 1. The molecule has 1 aromatic heterocycles. The van der Waals surface area contributed by atoms with Gasteiger partial charge in [0.15, 0.2) is 0 Å². The van der Waals surface area contributed by atoms with Crippen LogP contribution >= 0.6 is 0 Å². The van der Waals surface area contributed by atoms with Crippen molar-refractivity contribution in [1.82, 2.24) is 10.3 Å². The van der Waals surface area contributed by atoms with E-state index in [9.17, 15) is 0 Å². The molecule has 19 heavy (non-hydrogen) atoms. The van der Waals surface area contributed by atoms with Crippen LogP contribution in [0.15, 0.2) is 18.3 Å². The lowest BCUT2D eigenvalue weighted by atomic mass is 10.0. The minimum atomic E-state index is 0.647. The Morgan fingerprint density at radius 2 is 2.00 bits per heavy atom. The van der Waals surface area contributed by atoms with E-state index in [2.05, 4.69) is 36.3 Å². The third-order valence-electron chi connectivity index (χ3n) is 5.06. The highest BCUT2D eigenvalue weighted by molar-refractivity contribution is 5.15. The molecule has 0 amide bonds. The fourth-order valence-corrected chi connectivity index (χ4v) is 4.10. The molecule has 0 bridgehead atoms. The largest absolute Gasteiger partial charge is 0.314 e. The molecule has 0 aliphatic heterocycles. The molecule has 104 valence electrons. The highest BCUT2D eigenvalue weighted by atomic mass is 14.9. The van der Waals surface area contributed by atoms with Crippen LogP contribution in [0, 0.1) is 24.7 Å². The van der Waals surface area contributed by atoms with E-state index in [1.165, 1.54) is 36.9 Å². The summed E-state index contributed by atoms with van der Waals surface area (Å²) >= 11 is 0. The van der Waals surface area contributed by atoms with E-state index in [1.807, 2.05) is 6.20 Å². The molecule has 2 fully saturated rings. The first-order chi connectivity index (χ1) is 9.29. The second-order valence-electron chi connectivity index (χ2n) is 6.38. The Kier molecular flexibility index (Phi) is 3.88. The van der Waals surface area contributed by atoms with Crippen LogP contribution in [0.5, 0.6) is 0 Å². The van der Waals surface area contributed by atoms with Crippen molar-refractivity contribution in [1.29, 1.82) is 0 Å². The molecule has 2 nitrogen and oxygen atoms in total. The number of pyridine rings is 1. The van der Waals surface area contributed by atoms with Gasteiger partial charge >= 0.3 is 0 Å². The van der Waals surface area contributed by atoms with Gasteiger partial charge in [-0.1, -0.05) is 25.8 Å². The summed E-state index contributed by atoms with van der Waals surface area (Å²) in [6, 6.07) is 5.03. The second kappa shape index (κ2) is 5.62. The van der Waals surface area contributed by atoms with Gasteiger partial charge in [-0.25, -0.2) is 0 Å². The lowest BCUT2D eigenvalue weighted by Gasteiger charge is -2.18. The van der Waals surface area contributed by atoms with Gasteiger partial charge in [-0.2, -0.15) is 0 Å². The third-order valence-corrected chi connectivity index (χ3v) is 5.06. The lowest BCUT2D eigenvalue weighted by Crippen LogP contribution is -2.34. The molecule has 1 heterocycles. The van der Waals surface area contributed by atoms with Crippen LogP contribution in [0.3, 0.4) is 0 Å². The first-order valence-electron chi connectivity index (χ1n) is 7.94. The van der Waals surface area contributed by atoms with Gasteiger partial charge < -0.3 is 5.32 Å². The van der Waals surface area contributed by atoms with E-state index in [-0.39, 0.29) is 0 Å². The summed E-state index contributed by atoms with van der Waals surface area (Å²) in [5, 5.41) is 3.72. The van der Waals surface area contributed by atoms with E-state index >= 15 is 0 Å². The van der Waals surface area contributed by atoms with Crippen molar-refractivity contribution in [2.45, 2.75) is 52.0 Å². The van der Waals surface area contributed by atoms with Crippen molar-refractivity contribution in [2.24, 2.45) is 17.8 Å². The molecular formula is C17H26N2. The van der Waals surface area contributed by atoms with Crippen molar-refractivity contribution >= 4 is 0 Å². The molecule has 1 N–H and O–H groups in total. The molecule has 3 unspecified atom stereocenters. The van der Waals surface area contributed by atoms with Gasteiger partial charge in [-0.3, -0.25) is 4.98 Å². The molecule has 1 aromatic rings. The second-order valence-corrected chi connectivity index (χ2v) is 6.38. The molecule has 0 saturated heterocycles. The van der Waals surface area contributed by atoms with Crippen molar-refractivity contribution in [3.05, 3.63) is 29.6 Å². The van der Waals surface area contributed by atoms with Crippen LogP contribution < -0.4 is 5.32 Å². The third kappa shape index (κ3) is 2.84. The smallest absolute Gasteiger partial charge is 0.0419 e. The zero-order chi connectivity index (χ0) is 13.2. The highest BCUT2D eigenvalue weighted by Gasteiger charge is 2.53. The molecule has 2 aliphatic carbocycles. The summed E-state index contributed by atoms with van der Waals surface area (Å²) < 4.78 is 0. The van der Waals surface area contributed by atoms with Crippen molar-refractivity contribution < 1.29 is 0 Å². The SMILES string of the molecule is CCNC(Cc1ccc(C)cn1)C1C2CCCCC21. The summed E-state index contributed by atoms with van der Waals surface area (Å²) in [4.78, 5) is 4.59. The van der Waals surface area contributed by atoms with Crippen LogP contribution in [-0.4, -0.2) is 17.6 Å². The number of hydrogen-bond acceptors (Lipinski definition) is 2. The maximum Gasteiger partial charge on any atom is 0.0419 e. The topological polar surface area (TPSA) is 24.9 Å². The van der Waals surface area contributed by atoms with E-state index in [0.29, 0.717) is 6.04 Å². The zero-order valence-corrected chi connectivity index (χ0v) is 12.2. The number of nitrogens with zero attached hydrogens (tertiary/aromatic N) is 1. The lowest BCUT2D eigenvalue weighted by molar-refractivity contribution is 0.434. The van der Waals surface area contributed by atoms with Gasteiger partial charge in [0.25, 0.3) is 0 Å². The van der Waals surface area contributed by atoms with E-state index < -0.39 is 0 Å². The molecule has 2 saturated carbocycles. The van der Waals surface area contributed by atoms with Gasteiger partial charge in [0.1, 0.15) is 0 Å². The van der Waals surface area contributed by atoms with Crippen molar-refractivity contribution in [3.63, 3.8) is 0 Å². The quantitative estimate of drug-likeness (QED) is 0.876. The monoisotopic (exact) mass is 258 g/mol. The van der Waals surface area contributed by atoms with Crippen LogP contribution in [0.1, 0.15) is 43.9 Å². The van der Waals surface area contributed by atoms with Gasteiger partial charge in [0.2, 0.25) is 0 Å². The van der Waals surface area contributed by atoms with E-state index in [1.54, 1.807) is 0 Å². The Labute approximate surface area is 117 Å². The molecule has 0 aromatic carbocycles. The fourth-order valence-electron chi connectivity index (χ4n) is 4.10. The molecule has 3 rings (SSSR count). The van der Waals surface area contributed by atoms with E-state index in [0.717, 1.165) is 30.7 Å². The van der Waals surface area contributed by atoms with Crippen LogP contribution in [0.4, 0.5) is 0 Å². The fraction of sp³-hybridized carbons (Fsp3) is 0.706. The normalized spacial score (nSPS) is 30.7. The molecule has 2 heteroatoms. The zero-order valence-electron chi connectivity index (χ0n) is 12.2.